The van der Waals surface area contributed by atoms with Gasteiger partial charge in [0, 0.05) is 12.7 Å². The van der Waals surface area contributed by atoms with Crippen molar-refractivity contribution in [2.45, 2.75) is 6.42 Å². The van der Waals surface area contributed by atoms with Gasteiger partial charge in [-0.25, -0.2) is 0 Å². The number of hydrogen-bond acceptors (Lipinski definition) is 2. The van der Waals surface area contributed by atoms with Crippen molar-refractivity contribution in [2.24, 2.45) is 5.92 Å². The number of Topliss-reactive ketones (excluding diaryl/α,β-unsaturated/α-hetero) is 1. The average molecular weight is 163 g/mol. The lowest BCUT2D eigenvalue weighted by Crippen LogP contribution is -2.21. The van der Waals surface area contributed by atoms with Gasteiger partial charge in [0.15, 0.2) is 0 Å². The Kier molecular flexibility index (Phi) is 1.40. The number of likely N-dealkylation sites (tertiary alicyclic amines) is 1. The van der Waals surface area contributed by atoms with E-state index in [2.05, 4.69) is 0 Å². The van der Waals surface area contributed by atoms with Crippen LogP contribution in [-0.4, -0.2) is 23.6 Å². The summed E-state index contributed by atoms with van der Waals surface area (Å²) < 4.78 is 0. The number of hydrogen-bond donors (Lipinski definition) is 0. The highest BCUT2D eigenvalue weighted by Gasteiger charge is 2.40. The molecule has 12 heavy (non-hydrogen) atoms. The number of ketones is 1. The quantitative estimate of drug-likeness (QED) is 0.487. The molecule has 0 saturated carbocycles. The largest absolute Gasteiger partial charge is 0.312 e. The first-order valence-electron chi connectivity index (χ1n) is 3.90. The smallest absolute Gasteiger partial charge is 0.294 e. The summed E-state index contributed by atoms with van der Waals surface area (Å²) in [6.45, 7) is 0. The second-order valence-corrected chi connectivity index (χ2v) is 3.04. The molecule has 1 fully saturated rings. The van der Waals surface area contributed by atoms with Gasteiger partial charge in [0.05, 0.1) is 5.92 Å². The second kappa shape index (κ2) is 2.30. The van der Waals surface area contributed by atoms with Gasteiger partial charge in [0.1, 0.15) is 0 Å². The standard InChI is InChI=1S/C9H9NO2/c1-10-7-5-3-2-4-6(7)8(11)9(10)12/h2-3,5-6H,4H2,1H3. The third-order valence-electron chi connectivity index (χ3n) is 2.35. The van der Waals surface area contributed by atoms with E-state index in [0.717, 1.165) is 5.70 Å². The van der Waals surface area contributed by atoms with E-state index in [1.165, 1.54) is 4.90 Å². The number of amides is 1. The van der Waals surface area contributed by atoms with Gasteiger partial charge in [-0.3, -0.25) is 9.59 Å². The SMILES string of the molecule is CN1C(=O)C(=O)C2CC=CC=C21. The Hall–Kier alpha value is -1.38. The fourth-order valence-corrected chi connectivity index (χ4v) is 1.64. The molecule has 3 nitrogen and oxygen atoms in total. The van der Waals surface area contributed by atoms with E-state index in [1.807, 2.05) is 18.2 Å². The second-order valence-electron chi connectivity index (χ2n) is 3.04. The number of fused-ring (bicyclic) bond motifs is 1. The van der Waals surface area contributed by atoms with Crippen LogP contribution in [0.5, 0.6) is 0 Å². The zero-order valence-corrected chi connectivity index (χ0v) is 6.78. The molecule has 1 saturated heterocycles. The first kappa shape index (κ1) is 7.28. The predicted octanol–water partition coefficient (Wildman–Crippen LogP) is 0.488. The summed E-state index contributed by atoms with van der Waals surface area (Å²) in [5.41, 5.74) is 0.840. The molecule has 1 amide bonds. The van der Waals surface area contributed by atoms with Crippen LogP contribution in [0, 0.1) is 5.92 Å². The molecule has 0 aromatic heterocycles. The number of carbonyl (C=O) groups excluding carboxylic acids is 2. The molecule has 3 heteroatoms. The predicted molar refractivity (Wildman–Crippen MR) is 43.1 cm³/mol. The Morgan fingerprint density at radius 1 is 1.50 bits per heavy atom. The number of nitrogens with zero attached hydrogens (tertiary/aromatic N) is 1. The molecular weight excluding hydrogens is 154 g/mol. The summed E-state index contributed by atoms with van der Waals surface area (Å²) in [7, 11) is 1.64. The van der Waals surface area contributed by atoms with Gasteiger partial charge in [-0.05, 0) is 12.5 Å². The summed E-state index contributed by atoms with van der Waals surface area (Å²) in [6.07, 6.45) is 6.30. The zero-order chi connectivity index (χ0) is 8.72. The number of allylic oxidation sites excluding steroid dienone is 4. The maximum absolute atomic E-state index is 11.3. The lowest BCUT2D eigenvalue weighted by molar-refractivity contribution is -0.140. The van der Waals surface area contributed by atoms with Crippen molar-refractivity contribution in [1.82, 2.24) is 4.90 Å². The van der Waals surface area contributed by atoms with Crippen LogP contribution in [0.1, 0.15) is 6.42 Å². The van der Waals surface area contributed by atoms with Crippen molar-refractivity contribution in [1.29, 1.82) is 0 Å². The van der Waals surface area contributed by atoms with Crippen molar-refractivity contribution >= 4 is 11.7 Å². The van der Waals surface area contributed by atoms with Gasteiger partial charge in [0.2, 0.25) is 5.78 Å². The molecule has 0 aromatic rings. The topological polar surface area (TPSA) is 37.4 Å². The molecule has 1 aliphatic carbocycles. The fourth-order valence-electron chi connectivity index (χ4n) is 1.64. The van der Waals surface area contributed by atoms with Gasteiger partial charge in [-0.15, -0.1) is 0 Å². The van der Waals surface area contributed by atoms with Crippen molar-refractivity contribution < 1.29 is 9.59 Å². The van der Waals surface area contributed by atoms with E-state index in [4.69, 9.17) is 0 Å². The van der Waals surface area contributed by atoms with Gasteiger partial charge < -0.3 is 4.90 Å². The van der Waals surface area contributed by atoms with E-state index in [0.29, 0.717) is 6.42 Å². The van der Waals surface area contributed by atoms with Crippen LogP contribution in [0.2, 0.25) is 0 Å². The van der Waals surface area contributed by atoms with Gasteiger partial charge in [-0.1, -0.05) is 12.2 Å². The van der Waals surface area contributed by atoms with Crippen LogP contribution in [0.15, 0.2) is 23.9 Å². The molecular formula is C9H9NO2. The Balaban J connectivity index is 2.44. The maximum Gasteiger partial charge on any atom is 0.294 e. The molecule has 0 radical (unpaired) electrons. The third kappa shape index (κ3) is 0.763. The van der Waals surface area contributed by atoms with Crippen LogP contribution in [-0.2, 0) is 9.59 Å². The van der Waals surface area contributed by atoms with Crippen LogP contribution in [0.25, 0.3) is 0 Å². The molecule has 1 unspecified atom stereocenters. The van der Waals surface area contributed by atoms with Crippen molar-refractivity contribution in [3.63, 3.8) is 0 Å². The molecule has 1 atom stereocenters. The monoisotopic (exact) mass is 163 g/mol. The summed E-state index contributed by atoms with van der Waals surface area (Å²) in [6, 6.07) is 0. The molecule has 0 aromatic carbocycles. The third-order valence-corrected chi connectivity index (χ3v) is 2.35. The number of rotatable bonds is 0. The lowest BCUT2D eigenvalue weighted by Gasteiger charge is -2.14. The minimum atomic E-state index is -0.380. The highest BCUT2D eigenvalue weighted by atomic mass is 16.2. The molecule has 2 aliphatic rings. The van der Waals surface area contributed by atoms with Crippen molar-refractivity contribution in [3.8, 4) is 0 Å². The first-order valence-corrected chi connectivity index (χ1v) is 3.90. The highest BCUT2D eigenvalue weighted by Crippen LogP contribution is 2.30. The van der Waals surface area contributed by atoms with Crippen molar-refractivity contribution in [2.75, 3.05) is 7.05 Å². The van der Waals surface area contributed by atoms with Crippen LogP contribution in [0.4, 0.5) is 0 Å². The molecule has 0 N–H and O–H groups in total. The van der Waals surface area contributed by atoms with E-state index >= 15 is 0 Å². The molecule has 2 rings (SSSR count). The summed E-state index contributed by atoms with van der Waals surface area (Å²) in [5, 5.41) is 0. The van der Waals surface area contributed by atoms with E-state index in [9.17, 15) is 9.59 Å². The van der Waals surface area contributed by atoms with Crippen LogP contribution in [0.3, 0.4) is 0 Å². The molecule has 1 aliphatic heterocycles. The average Bonchev–Trinajstić information content (AvgIpc) is 2.33. The van der Waals surface area contributed by atoms with Gasteiger partial charge in [0.25, 0.3) is 5.91 Å². The fraction of sp³-hybridized carbons (Fsp3) is 0.333. The summed E-state index contributed by atoms with van der Waals surface area (Å²) in [4.78, 5) is 23.9. The van der Waals surface area contributed by atoms with E-state index < -0.39 is 0 Å². The minimum absolute atomic E-state index is 0.201. The summed E-state index contributed by atoms with van der Waals surface area (Å²) >= 11 is 0. The van der Waals surface area contributed by atoms with Crippen molar-refractivity contribution in [3.05, 3.63) is 23.9 Å². The number of likely N-dealkylation sites (N-methyl/N-ethyl adjacent to an activating group) is 1. The van der Waals surface area contributed by atoms with E-state index in [1.54, 1.807) is 7.05 Å². The zero-order valence-electron chi connectivity index (χ0n) is 6.78. The lowest BCUT2D eigenvalue weighted by atomic mass is 9.96. The summed E-state index contributed by atoms with van der Waals surface area (Å²) in [5.74, 6) is -0.851. The minimum Gasteiger partial charge on any atom is -0.312 e. The number of carbonyl (C=O) groups is 2. The van der Waals surface area contributed by atoms with E-state index in [-0.39, 0.29) is 17.6 Å². The van der Waals surface area contributed by atoms with Crippen LogP contribution < -0.4 is 0 Å². The Morgan fingerprint density at radius 3 is 2.92 bits per heavy atom. The molecule has 0 bridgehead atoms. The highest BCUT2D eigenvalue weighted by molar-refractivity contribution is 6.40. The van der Waals surface area contributed by atoms with Crippen LogP contribution >= 0.6 is 0 Å². The molecule has 1 heterocycles. The van der Waals surface area contributed by atoms with Gasteiger partial charge >= 0.3 is 0 Å². The Bertz CT molecular complexity index is 314. The Labute approximate surface area is 70.4 Å². The maximum atomic E-state index is 11.3. The Morgan fingerprint density at radius 2 is 2.25 bits per heavy atom. The van der Waals surface area contributed by atoms with Gasteiger partial charge in [-0.2, -0.15) is 0 Å². The molecule has 0 spiro atoms. The molecule has 62 valence electrons. The first-order chi connectivity index (χ1) is 5.72. The normalized spacial score (nSPS) is 27.6.